The van der Waals surface area contributed by atoms with E-state index in [0.717, 1.165) is 17.1 Å². The minimum atomic E-state index is -0.244. The second-order valence-electron chi connectivity index (χ2n) is 9.32. The van der Waals surface area contributed by atoms with Gasteiger partial charge in [0.25, 0.3) is 0 Å². The van der Waals surface area contributed by atoms with Crippen LogP contribution in [0.4, 0.5) is 16.3 Å². The predicted molar refractivity (Wildman–Crippen MR) is 141 cm³/mol. The number of anilines is 2. The van der Waals surface area contributed by atoms with E-state index < -0.39 is 0 Å². The molecule has 38 heavy (non-hydrogen) atoms. The Balaban J connectivity index is 1.41. The summed E-state index contributed by atoms with van der Waals surface area (Å²) in [5, 5.41) is 12.1. The molecule has 1 fully saturated rings. The van der Waals surface area contributed by atoms with Crippen LogP contribution in [0.15, 0.2) is 48.7 Å². The molecular weight excluding hydrogens is 482 g/mol. The maximum Gasteiger partial charge on any atom is 0.322 e. The van der Waals surface area contributed by atoms with Crippen LogP contribution in [0.5, 0.6) is 0 Å². The lowest BCUT2D eigenvalue weighted by Gasteiger charge is -2.36. The largest absolute Gasteiger partial charge is 0.466 e. The van der Waals surface area contributed by atoms with Crippen LogP contribution < -0.4 is 10.2 Å². The van der Waals surface area contributed by atoms with Crippen LogP contribution >= 0.6 is 0 Å². The van der Waals surface area contributed by atoms with Gasteiger partial charge in [-0.1, -0.05) is 12.1 Å². The second kappa shape index (κ2) is 11.3. The highest BCUT2D eigenvalue weighted by atomic mass is 16.5. The Morgan fingerprint density at radius 2 is 1.97 bits per heavy atom. The number of carbonyl (C=O) groups is 2. The van der Waals surface area contributed by atoms with E-state index >= 15 is 0 Å². The number of piperidine rings is 1. The number of nitriles is 1. The van der Waals surface area contributed by atoms with Gasteiger partial charge in [-0.05, 0) is 50.1 Å². The van der Waals surface area contributed by atoms with Crippen LogP contribution in [0.2, 0.25) is 0 Å². The third-order valence-electron chi connectivity index (χ3n) is 6.88. The highest BCUT2D eigenvalue weighted by Crippen LogP contribution is 2.32. The molecule has 5 rings (SSSR count). The second-order valence-corrected chi connectivity index (χ2v) is 9.32. The number of carbonyl (C=O) groups excluding carboxylic acids is 2. The van der Waals surface area contributed by atoms with Gasteiger partial charge in [-0.15, -0.1) is 0 Å². The Morgan fingerprint density at radius 3 is 2.71 bits per heavy atom. The SMILES string of the molecule is CCOC(=O)C1CCN(c2nc(-c3ccccn3)nc3c2CN(C(=O)Nc2cccc(C#N)c2)CC3)CC1. The van der Waals surface area contributed by atoms with Gasteiger partial charge in [0.15, 0.2) is 5.82 Å². The number of pyridine rings is 1. The average Bonchev–Trinajstić information content (AvgIpc) is 2.97. The van der Waals surface area contributed by atoms with E-state index in [1.165, 1.54) is 0 Å². The van der Waals surface area contributed by atoms with Crippen molar-refractivity contribution in [2.75, 3.05) is 36.5 Å². The Labute approximate surface area is 221 Å². The summed E-state index contributed by atoms with van der Waals surface area (Å²) in [4.78, 5) is 43.6. The molecule has 0 saturated carbocycles. The number of fused-ring (bicyclic) bond motifs is 1. The number of nitrogens with one attached hydrogen (secondary N) is 1. The number of rotatable bonds is 5. The lowest BCUT2D eigenvalue weighted by Crippen LogP contribution is -2.42. The molecule has 2 aliphatic heterocycles. The summed E-state index contributed by atoms with van der Waals surface area (Å²) < 4.78 is 5.23. The van der Waals surface area contributed by atoms with Gasteiger partial charge in [-0.2, -0.15) is 5.26 Å². The minimum Gasteiger partial charge on any atom is -0.466 e. The van der Waals surface area contributed by atoms with Gasteiger partial charge in [0.2, 0.25) is 0 Å². The number of esters is 1. The van der Waals surface area contributed by atoms with Crippen LogP contribution in [0.3, 0.4) is 0 Å². The molecule has 1 saturated heterocycles. The molecule has 2 amide bonds. The highest BCUT2D eigenvalue weighted by Gasteiger charge is 2.32. The number of nitrogens with zero attached hydrogens (tertiary/aromatic N) is 6. The molecule has 0 spiro atoms. The number of benzene rings is 1. The van der Waals surface area contributed by atoms with Crippen molar-refractivity contribution in [3.05, 3.63) is 65.5 Å². The van der Waals surface area contributed by atoms with Gasteiger partial charge < -0.3 is 19.9 Å². The molecular formula is C28H29N7O3. The van der Waals surface area contributed by atoms with Gasteiger partial charge in [0.1, 0.15) is 11.5 Å². The first-order valence-electron chi connectivity index (χ1n) is 12.8. The Hall–Kier alpha value is -4.52. The molecule has 194 valence electrons. The first-order chi connectivity index (χ1) is 18.6. The van der Waals surface area contributed by atoms with Crippen LogP contribution in [0.1, 0.15) is 36.6 Å². The van der Waals surface area contributed by atoms with Gasteiger partial charge >= 0.3 is 12.0 Å². The Morgan fingerprint density at radius 1 is 1.13 bits per heavy atom. The number of aromatic nitrogens is 3. The molecule has 3 aromatic rings. The van der Waals surface area contributed by atoms with E-state index in [0.29, 0.717) is 74.8 Å². The number of amides is 2. The van der Waals surface area contributed by atoms with E-state index in [2.05, 4.69) is 21.3 Å². The first-order valence-corrected chi connectivity index (χ1v) is 12.8. The van der Waals surface area contributed by atoms with Crippen molar-refractivity contribution in [2.45, 2.75) is 32.7 Å². The molecule has 0 radical (unpaired) electrons. The molecule has 0 unspecified atom stereocenters. The zero-order chi connectivity index (χ0) is 26.5. The fraction of sp³-hybridized carbons (Fsp3) is 0.357. The van der Waals surface area contributed by atoms with Crippen molar-refractivity contribution >= 4 is 23.5 Å². The zero-order valence-corrected chi connectivity index (χ0v) is 21.3. The summed E-state index contributed by atoms with van der Waals surface area (Å²) in [6.45, 7) is 4.37. The standard InChI is InChI=1S/C28H29N7O3/c1-2-38-27(36)20-9-13-34(14-10-20)26-22-18-35(28(37)31-21-7-5-6-19(16-21)17-29)15-11-23(22)32-25(33-26)24-8-3-4-12-30-24/h3-8,12,16,20H,2,9-11,13-15,18H2,1H3,(H,31,37). The lowest BCUT2D eigenvalue weighted by atomic mass is 9.96. The van der Waals surface area contributed by atoms with Gasteiger partial charge in [0.05, 0.1) is 36.4 Å². The summed E-state index contributed by atoms with van der Waals surface area (Å²) in [6, 6.07) is 14.3. The van der Waals surface area contributed by atoms with E-state index in [4.69, 9.17) is 20.0 Å². The number of hydrogen-bond donors (Lipinski definition) is 1. The van der Waals surface area contributed by atoms with Crippen LogP contribution in [0, 0.1) is 17.2 Å². The number of urea groups is 1. The highest BCUT2D eigenvalue weighted by molar-refractivity contribution is 5.89. The monoisotopic (exact) mass is 511 g/mol. The molecule has 10 nitrogen and oxygen atoms in total. The smallest absolute Gasteiger partial charge is 0.322 e. The van der Waals surface area contributed by atoms with E-state index in [9.17, 15) is 9.59 Å². The molecule has 2 aromatic heterocycles. The summed E-state index contributed by atoms with van der Waals surface area (Å²) in [5.74, 6) is 1.07. The normalized spacial score (nSPS) is 15.4. The van der Waals surface area contributed by atoms with Crippen LogP contribution in [-0.2, 0) is 22.5 Å². The van der Waals surface area contributed by atoms with Crippen molar-refractivity contribution in [3.63, 3.8) is 0 Å². The van der Waals surface area contributed by atoms with Gasteiger partial charge in [-0.3, -0.25) is 9.78 Å². The third-order valence-corrected chi connectivity index (χ3v) is 6.88. The summed E-state index contributed by atoms with van der Waals surface area (Å²) in [7, 11) is 0. The molecule has 1 aromatic carbocycles. The molecule has 0 atom stereocenters. The van der Waals surface area contributed by atoms with Gasteiger partial charge in [-0.25, -0.2) is 14.8 Å². The Kier molecular flexibility index (Phi) is 7.45. The van der Waals surface area contributed by atoms with Crippen molar-refractivity contribution < 1.29 is 14.3 Å². The van der Waals surface area contributed by atoms with Crippen molar-refractivity contribution in [1.82, 2.24) is 19.9 Å². The number of ether oxygens (including phenoxy) is 1. The number of hydrogen-bond acceptors (Lipinski definition) is 8. The fourth-order valence-corrected chi connectivity index (χ4v) is 4.90. The van der Waals surface area contributed by atoms with E-state index in [1.54, 1.807) is 35.4 Å². The fourth-order valence-electron chi connectivity index (χ4n) is 4.90. The van der Waals surface area contributed by atoms with Crippen LogP contribution in [0.25, 0.3) is 11.5 Å². The zero-order valence-electron chi connectivity index (χ0n) is 21.3. The van der Waals surface area contributed by atoms with Crippen molar-refractivity contribution in [1.29, 1.82) is 5.26 Å². The van der Waals surface area contributed by atoms with Crippen molar-refractivity contribution in [3.8, 4) is 17.6 Å². The van der Waals surface area contributed by atoms with Crippen molar-refractivity contribution in [2.24, 2.45) is 5.92 Å². The van der Waals surface area contributed by atoms with Gasteiger partial charge in [0, 0.05) is 43.5 Å². The summed E-state index contributed by atoms with van der Waals surface area (Å²) >= 11 is 0. The first kappa shape index (κ1) is 25.1. The van der Waals surface area contributed by atoms with E-state index in [1.807, 2.05) is 25.1 Å². The molecule has 2 aliphatic rings. The third kappa shape index (κ3) is 5.42. The average molecular weight is 512 g/mol. The predicted octanol–water partition coefficient (Wildman–Crippen LogP) is 3.78. The quantitative estimate of drug-likeness (QED) is 0.513. The summed E-state index contributed by atoms with van der Waals surface area (Å²) in [5.41, 5.74) is 3.55. The topological polar surface area (TPSA) is 124 Å². The molecule has 1 N–H and O–H groups in total. The summed E-state index contributed by atoms with van der Waals surface area (Å²) in [6.07, 6.45) is 3.65. The molecule has 0 aliphatic carbocycles. The molecule has 4 heterocycles. The maximum absolute atomic E-state index is 13.1. The Bertz CT molecular complexity index is 1360. The minimum absolute atomic E-state index is 0.120. The van der Waals surface area contributed by atoms with Crippen LogP contribution in [-0.4, -0.2) is 58.1 Å². The molecule has 0 bridgehead atoms. The maximum atomic E-state index is 13.1. The molecule has 10 heteroatoms. The lowest BCUT2D eigenvalue weighted by molar-refractivity contribution is -0.148. The van der Waals surface area contributed by atoms with E-state index in [-0.39, 0.29) is 17.9 Å².